The molecule has 1 fully saturated rings. The number of halogens is 3. The van der Waals surface area contributed by atoms with Gasteiger partial charge in [0.2, 0.25) is 10.0 Å². The highest BCUT2D eigenvalue weighted by molar-refractivity contribution is 7.89. The average Bonchev–Trinajstić information content (AvgIpc) is 3.13. The summed E-state index contributed by atoms with van der Waals surface area (Å²) < 4.78 is 46.9. The molecule has 3 rings (SSSR count). The largest absolute Gasteiger partial charge is 0.377 e. The fraction of sp³-hybridized carbons (Fsp3) is 0.278. The van der Waals surface area contributed by atoms with Crippen LogP contribution in [0.1, 0.15) is 23.2 Å². The van der Waals surface area contributed by atoms with E-state index >= 15 is 0 Å². The van der Waals surface area contributed by atoms with Gasteiger partial charge in [-0.25, -0.2) is 17.5 Å². The predicted molar refractivity (Wildman–Crippen MR) is 105 cm³/mol. The number of hydrogen-bond donors (Lipinski definition) is 2. The second kappa shape index (κ2) is 8.75. The molecule has 150 valence electrons. The SMILES string of the molecule is O=C(Nc1cc(Cl)cc(Cl)c1)c1cc(S(=O)(=O)NCC2CCCO2)ccc1F. The molecule has 0 spiro atoms. The predicted octanol–water partition coefficient (Wildman–Crippen LogP) is 3.84. The number of nitrogens with one attached hydrogen (secondary N) is 2. The van der Waals surface area contributed by atoms with E-state index in [4.69, 9.17) is 27.9 Å². The van der Waals surface area contributed by atoms with Crippen LogP contribution in [0.15, 0.2) is 41.3 Å². The van der Waals surface area contributed by atoms with Gasteiger partial charge < -0.3 is 10.1 Å². The minimum Gasteiger partial charge on any atom is -0.377 e. The Morgan fingerprint density at radius 2 is 1.89 bits per heavy atom. The summed E-state index contributed by atoms with van der Waals surface area (Å²) in [7, 11) is -3.93. The maximum Gasteiger partial charge on any atom is 0.258 e. The van der Waals surface area contributed by atoms with E-state index in [-0.39, 0.29) is 33.3 Å². The minimum atomic E-state index is -3.93. The highest BCUT2D eigenvalue weighted by Gasteiger charge is 2.22. The summed E-state index contributed by atoms with van der Waals surface area (Å²) in [6.45, 7) is 0.711. The van der Waals surface area contributed by atoms with E-state index < -0.39 is 27.3 Å². The molecule has 2 aromatic carbocycles. The van der Waals surface area contributed by atoms with E-state index in [1.54, 1.807) is 0 Å². The molecule has 1 saturated heterocycles. The first-order valence-corrected chi connectivity index (χ1v) is 10.7. The van der Waals surface area contributed by atoms with Crippen molar-refractivity contribution in [2.24, 2.45) is 0 Å². The quantitative estimate of drug-likeness (QED) is 0.705. The van der Waals surface area contributed by atoms with Crippen molar-refractivity contribution < 1.29 is 22.3 Å². The van der Waals surface area contributed by atoms with Crippen molar-refractivity contribution in [1.82, 2.24) is 4.72 Å². The second-order valence-electron chi connectivity index (χ2n) is 6.24. The van der Waals surface area contributed by atoms with Crippen molar-refractivity contribution in [1.29, 1.82) is 0 Å². The Hall–Kier alpha value is -1.71. The summed E-state index contributed by atoms with van der Waals surface area (Å²) in [5.41, 5.74) is -0.164. The molecule has 1 amide bonds. The number of benzene rings is 2. The summed E-state index contributed by atoms with van der Waals surface area (Å²) in [6.07, 6.45) is 1.45. The molecule has 1 heterocycles. The first kappa shape index (κ1) is 21.0. The zero-order valence-corrected chi connectivity index (χ0v) is 16.9. The van der Waals surface area contributed by atoms with Crippen molar-refractivity contribution in [3.8, 4) is 0 Å². The molecule has 10 heteroatoms. The Kier molecular flexibility index (Phi) is 6.57. The number of hydrogen-bond acceptors (Lipinski definition) is 4. The van der Waals surface area contributed by atoms with E-state index in [1.807, 2.05) is 0 Å². The highest BCUT2D eigenvalue weighted by Crippen LogP contribution is 2.24. The first-order valence-electron chi connectivity index (χ1n) is 8.43. The normalized spacial score (nSPS) is 16.9. The molecule has 1 atom stereocenters. The molecule has 2 aromatic rings. The molecule has 0 bridgehead atoms. The molecular weight excluding hydrogens is 430 g/mol. The third-order valence-corrected chi connectivity index (χ3v) is 6.00. The third kappa shape index (κ3) is 5.21. The van der Waals surface area contributed by atoms with Crippen molar-refractivity contribution in [3.63, 3.8) is 0 Å². The van der Waals surface area contributed by atoms with Crippen LogP contribution in [0.4, 0.5) is 10.1 Å². The van der Waals surface area contributed by atoms with Gasteiger partial charge in [-0.2, -0.15) is 0 Å². The van der Waals surface area contributed by atoms with Crippen molar-refractivity contribution in [2.45, 2.75) is 23.8 Å². The maximum atomic E-state index is 14.2. The van der Waals surface area contributed by atoms with Crippen LogP contribution in [0.2, 0.25) is 10.0 Å². The number of anilines is 1. The zero-order chi connectivity index (χ0) is 20.3. The first-order chi connectivity index (χ1) is 13.2. The minimum absolute atomic E-state index is 0.113. The number of carbonyl (C=O) groups is 1. The molecule has 6 nitrogen and oxygen atoms in total. The zero-order valence-electron chi connectivity index (χ0n) is 14.5. The Bertz CT molecular complexity index is 975. The number of amides is 1. The van der Waals surface area contributed by atoms with Crippen LogP contribution >= 0.6 is 23.2 Å². The van der Waals surface area contributed by atoms with Gasteiger partial charge in [0.25, 0.3) is 5.91 Å². The molecule has 1 aliphatic rings. The number of sulfonamides is 1. The molecular formula is C18H17Cl2FN2O4S. The van der Waals surface area contributed by atoms with Gasteiger partial charge in [-0.15, -0.1) is 0 Å². The fourth-order valence-electron chi connectivity index (χ4n) is 2.76. The van der Waals surface area contributed by atoms with Crippen LogP contribution in [0, 0.1) is 5.82 Å². The van der Waals surface area contributed by atoms with E-state index in [0.717, 1.165) is 31.0 Å². The van der Waals surface area contributed by atoms with Crippen molar-refractivity contribution in [3.05, 3.63) is 57.8 Å². The molecule has 28 heavy (non-hydrogen) atoms. The number of ether oxygens (including phenoxy) is 1. The summed E-state index contributed by atoms with van der Waals surface area (Å²) in [4.78, 5) is 12.2. The topological polar surface area (TPSA) is 84.5 Å². The van der Waals surface area contributed by atoms with E-state index in [9.17, 15) is 17.6 Å². The van der Waals surface area contributed by atoms with Crippen LogP contribution in [0.5, 0.6) is 0 Å². The second-order valence-corrected chi connectivity index (χ2v) is 8.88. The van der Waals surface area contributed by atoms with Gasteiger partial charge in [0.1, 0.15) is 5.82 Å². The van der Waals surface area contributed by atoms with E-state index in [1.165, 1.54) is 18.2 Å². The molecule has 2 N–H and O–H groups in total. The van der Waals surface area contributed by atoms with Crippen LogP contribution in [-0.2, 0) is 14.8 Å². The fourth-order valence-corrected chi connectivity index (χ4v) is 4.38. The molecule has 1 aliphatic heterocycles. The number of carbonyl (C=O) groups excluding carboxylic acids is 1. The Morgan fingerprint density at radius 1 is 1.18 bits per heavy atom. The lowest BCUT2D eigenvalue weighted by molar-refractivity contribution is 0.102. The van der Waals surface area contributed by atoms with Gasteiger partial charge in [0.05, 0.1) is 16.6 Å². The van der Waals surface area contributed by atoms with Crippen molar-refractivity contribution in [2.75, 3.05) is 18.5 Å². The molecule has 1 unspecified atom stereocenters. The summed E-state index contributed by atoms with van der Waals surface area (Å²) in [5, 5.41) is 3.03. The van der Waals surface area contributed by atoms with Gasteiger partial charge in [-0.1, -0.05) is 23.2 Å². The van der Waals surface area contributed by atoms with Crippen LogP contribution in [-0.4, -0.2) is 33.6 Å². The van der Waals surface area contributed by atoms with Crippen LogP contribution in [0.3, 0.4) is 0 Å². The maximum absolute atomic E-state index is 14.2. The van der Waals surface area contributed by atoms with E-state index in [2.05, 4.69) is 10.0 Å². The standard InChI is InChI=1S/C18H17Cl2FN2O4S/c19-11-6-12(20)8-13(7-11)23-18(24)16-9-15(3-4-17(16)21)28(25,26)22-10-14-2-1-5-27-14/h3-4,6-9,14,22H,1-2,5,10H2,(H,23,24). The summed E-state index contributed by atoms with van der Waals surface area (Å²) >= 11 is 11.8. The van der Waals surface area contributed by atoms with E-state index in [0.29, 0.717) is 6.61 Å². The smallest absolute Gasteiger partial charge is 0.258 e. The van der Waals surface area contributed by atoms with Gasteiger partial charge in [0, 0.05) is 28.9 Å². The highest BCUT2D eigenvalue weighted by atomic mass is 35.5. The lowest BCUT2D eigenvalue weighted by atomic mass is 10.2. The van der Waals surface area contributed by atoms with Crippen LogP contribution < -0.4 is 10.0 Å². The average molecular weight is 447 g/mol. The Balaban J connectivity index is 1.78. The van der Waals surface area contributed by atoms with Gasteiger partial charge in [-0.05, 0) is 49.2 Å². The molecule has 0 radical (unpaired) electrons. The molecule has 0 aromatic heterocycles. The summed E-state index contributed by atoms with van der Waals surface area (Å²) in [6, 6.07) is 7.36. The Morgan fingerprint density at radius 3 is 2.54 bits per heavy atom. The molecule has 0 saturated carbocycles. The lowest BCUT2D eigenvalue weighted by Crippen LogP contribution is -2.32. The van der Waals surface area contributed by atoms with Gasteiger partial charge >= 0.3 is 0 Å². The van der Waals surface area contributed by atoms with Crippen molar-refractivity contribution >= 4 is 44.8 Å². The number of rotatable bonds is 6. The monoisotopic (exact) mass is 446 g/mol. The Labute approximate surface area is 172 Å². The summed E-state index contributed by atoms with van der Waals surface area (Å²) in [5.74, 6) is -1.68. The van der Waals surface area contributed by atoms with Gasteiger partial charge in [0.15, 0.2) is 0 Å². The van der Waals surface area contributed by atoms with Crippen LogP contribution in [0.25, 0.3) is 0 Å². The lowest BCUT2D eigenvalue weighted by Gasteiger charge is -2.13. The van der Waals surface area contributed by atoms with Gasteiger partial charge in [-0.3, -0.25) is 4.79 Å². The molecule has 0 aliphatic carbocycles. The third-order valence-electron chi connectivity index (χ3n) is 4.14.